The number of alkyl halides is 1. The van der Waals surface area contributed by atoms with E-state index in [1.54, 1.807) is 5.57 Å². The maximum atomic E-state index is 6.31. The summed E-state index contributed by atoms with van der Waals surface area (Å²) in [5.41, 5.74) is 1.98. The molecule has 0 aromatic carbocycles. The zero-order valence-corrected chi connectivity index (χ0v) is 11.2. The summed E-state index contributed by atoms with van der Waals surface area (Å²) in [5.74, 6) is 0.831. The lowest BCUT2D eigenvalue weighted by atomic mass is 9.74. The molecule has 1 atom stereocenters. The lowest BCUT2D eigenvalue weighted by Gasteiger charge is -2.34. The van der Waals surface area contributed by atoms with Crippen molar-refractivity contribution in [2.24, 2.45) is 11.3 Å². The molecule has 2 aliphatic rings. The third-order valence-corrected chi connectivity index (χ3v) is 4.04. The lowest BCUT2D eigenvalue weighted by Crippen LogP contribution is -2.24. The van der Waals surface area contributed by atoms with Gasteiger partial charge in [0.15, 0.2) is 0 Å². The third-order valence-electron chi connectivity index (χ3n) is 3.76. The number of hydrogen-bond acceptors (Lipinski definition) is 1. The molecule has 1 nitrogen and oxygen atoms in total. The summed E-state index contributed by atoms with van der Waals surface area (Å²) in [5, 5.41) is 0.249. The highest BCUT2D eigenvalue weighted by Crippen LogP contribution is 2.40. The highest BCUT2D eigenvalue weighted by Gasteiger charge is 2.28. The Balaban J connectivity index is 1.93. The van der Waals surface area contributed by atoms with Gasteiger partial charge < -0.3 is 4.74 Å². The van der Waals surface area contributed by atoms with Crippen LogP contribution in [0.4, 0.5) is 0 Å². The molecule has 0 N–H and O–H groups in total. The van der Waals surface area contributed by atoms with Crippen molar-refractivity contribution in [1.82, 2.24) is 0 Å². The fraction of sp³-hybridized carbons (Fsp3) is 0.857. The molecule has 0 amide bonds. The van der Waals surface area contributed by atoms with Gasteiger partial charge in [0.2, 0.25) is 0 Å². The molecule has 1 aliphatic heterocycles. The quantitative estimate of drug-likeness (QED) is 0.522. The van der Waals surface area contributed by atoms with Crippen LogP contribution in [0.1, 0.15) is 46.0 Å². The third kappa shape index (κ3) is 3.49. The second kappa shape index (κ2) is 5.10. The first-order valence-corrected chi connectivity index (χ1v) is 6.90. The minimum Gasteiger partial charge on any atom is -0.381 e. The fourth-order valence-corrected chi connectivity index (χ4v) is 3.65. The topological polar surface area (TPSA) is 9.23 Å². The smallest absolute Gasteiger partial charge is 0.0523 e. The minimum atomic E-state index is 0.249. The molecule has 2 rings (SSSR count). The Kier molecular flexibility index (Phi) is 3.97. The number of halogens is 1. The van der Waals surface area contributed by atoms with Crippen molar-refractivity contribution < 1.29 is 4.74 Å². The van der Waals surface area contributed by atoms with E-state index in [0.717, 1.165) is 25.6 Å². The standard InChI is InChI=1S/C14H23ClO/c1-14(2)9-12(8-13(15)10-14)7-11-3-5-16-6-4-11/h8,11,13H,3-7,9-10H2,1-2H3. The summed E-state index contributed by atoms with van der Waals surface area (Å²) in [6.07, 6.45) is 8.35. The summed E-state index contributed by atoms with van der Waals surface area (Å²) in [4.78, 5) is 0. The predicted molar refractivity (Wildman–Crippen MR) is 68.9 cm³/mol. The van der Waals surface area contributed by atoms with E-state index in [2.05, 4.69) is 19.9 Å². The predicted octanol–water partition coefficient (Wildman–Crippen LogP) is 4.16. The summed E-state index contributed by atoms with van der Waals surface area (Å²) in [6, 6.07) is 0. The molecule has 1 fully saturated rings. The van der Waals surface area contributed by atoms with Crippen LogP contribution in [0, 0.1) is 11.3 Å². The molecule has 2 heteroatoms. The molecule has 0 saturated carbocycles. The van der Waals surface area contributed by atoms with Gasteiger partial charge in [0.25, 0.3) is 0 Å². The molecule has 1 unspecified atom stereocenters. The van der Waals surface area contributed by atoms with E-state index in [0.29, 0.717) is 5.41 Å². The summed E-state index contributed by atoms with van der Waals surface area (Å²) in [7, 11) is 0. The highest BCUT2D eigenvalue weighted by molar-refractivity contribution is 6.21. The van der Waals surface area contributed by atoms with Gasteiger partial charge in [-0.3, -0.25) is 0 Å². The van der Waals surface area contributed by atoms with Crippen LogP contribution in [-0.2, 0) is 4.74 Å². The Labute approximate surface area is 104 Å². The Morgan fingerprint density at radius 3 is 2.69 bits per heavy atom. The van der Waals surface area contributed by atoms with Crippen molar-refractivity contribution in [3.05, 3.63) is 11.6 Å². The maximum absolute atomic E-state index is 6.31. The molecule has 0 spiro atoms. The SMILES string of the molecule is CC1(C)CC(CC2CCOCC2)=CC(Cl)C1. The van der Waals surface area contributed by atoms with E-state index >= 15 is 0 Å². The van der Waals surface area contributed by atoms with Crippen LogP contribution in [0.15, 0.2) is 11.6 Å². The zero-order valence-electron chi connectivity index (χ0n) is 10.5. The van der Waals surface area contributed by atoms with Gasteiger partial charge in [-0.2, -0.15) is 0 Å². The monoisotopic (exact) mass is 242 g/mol. The van der Waals surface area contributed by atoms with E-state index in [9.17, 15) is 0 Å². The Morgan fingerprint density at radius 1 is 1.38 bits per heavy atom. The van der Waals surface area contributed by atoms with Crippen LogP contribution in [0.3, 0.4) is 0 Å². The first kappa shape index (κ1) is 12.4. The van der Waals surface area contributed by atoms with Crippen LogP contribution < -0.4 is 0 Å². The molecule has 0 aromatic heterocycles. The summed E-state index contributed by atoms with van der Waals surface area (Å²) < 4.78 is 5.41. The molecular weight excluding hydrogens is 220 g/mol. The van der Waals surface area contributed by atoms with Crippen molar-refractivity contribution in [1.29, 1.82) is 0 Å². The van der Waals surface area contributed by atoms with Crippen molar-refractivity contribution in [2.45, 2.75) is 51.3 Å². The summed E-state index contributed by atoms with van der Waals surface area (Å²) >= 11 is 6.31. The molecule has 0 radical (unpaired) electrons. The Morgan fingerprint density at radius 2 is 2.06 bits per heavy atom. The molecule has 1 aliphatic carbocycles. The van der Waals surface area contributed by atoms with Gasteiger partial charge in [-0.05, 0) is 43.4 Å². The van der Waals surface area contributed by atoms with Crippen molar-refractivity contribution in [3.63, 3.8) is 0 Å². The second-order valence-corrected chi connectivity index (χ2v) is 6.71. The first-order chi connectivity index (χ1) is 7.55. The van der Waals surface area contributed by atoms with Crippen molar-refractivity contribution in [3.8, 4) is 0 Å². The largest absolute Gasteiger partial charge is 0.381 e. The zero-order chi connectivity index (χ0) is 11.6. The molecular formula is C14H23ClO. The first-order valence-electron chi connectivity index (χ1n) is 6.46. The van der Waals surface area contributed by atoms with Gasteiger partial charge in [-0.1, -0.05) is 25.5 Å². The van der Waals surface area contributed by atoms with Gasteiger partial charge in [0.05, 0.1) is 5.38 Å². The normalized spacial score (nSPS) is 31.2. The Hall–Kier alpha value is -0.0100. The lowest BCUT2D eigenvalue weighted by molar-refractivity contribution is 0.0657. The molecule has 0 bridgehead atoms. The van der Waals surface area contributed by atoms with Crippen LogP contribution >= 0.6 is 11.6 Å². The maximum Gasteiger partial charge on any atom is 0.0523 e. The molecule has 1 saturated heterocycles. The second-order valence-electron chi connectivity index (χ2n) is 6.15. The Bertz CT molecular complexity index is 264. The highest BCUT2D eigenvalue weighted by atomic mass is 35.5. The van der Waals surface area contributed by atoms with Gasteiger partial charge >= 0.3 is 0 Å². The van der Waals surface area contributed by atoms with E-state index in [1.165, 1.54) is 25.7 Å². The molecule has 16 heavy (non-hydrogen) atoms. The average Bonchev–Trinajstić information content (AvgIpc) is 2.15. The van der Waals surface area contributed by atoms with Crippen LogP contribution in [0.2, 0.25) is 0 Å². The molecule has 1 heterocycles. The molecule has 0 aromatic rings. The fourth-order valence-electron chi connectivity index (χ4n) is 3.05. The number of ether oxygens (including phenoxy) is 1. The van der Waals surface area contributed by atoms with E-state index in [4.69, 9.17) is 16.3 Å². The van der Waals surface area contributed by atoms with E-state index in [-0.39, 0.29) is 5.38 Å². The van der Waals surface area contributed by atoms with Crippen LogP contribution in [0.5, 0.6) is 0 Å². The van der Waals surface area contributed by atoms with Crippen LogP contribution in [-0.4, -0.2) is 18.6 Å². The van der Waals surface area contributed by atoms with Gasteiger partial charge in [0, 0.05) is 13.2 Å². The average molecular weight is 243 g/mol. The van der Waals surface area contributed by atoms with Crippen LogP contribution in [0.25, 0.3) is 0 Å². The number of hydrogen-bond donors (Lipinski definition) is 0. The molecule has 92 valence electrons. The summed E-state index contributed by atoms with van der Waals surface area (Å²) in [6.45, 7) is 6.57. The van der Waals surface area contributed by atoms with E-state index < -0.39 is 0 Å². The van der Waals surface area contributed by atoms with Crippen molar-refractivity contribution >= 4 is 11.6 Å². The van der Waals surface area contributed by atoms with Gasteiger partial charge in [-0.15, -0.1) is 11.6 Å². The minimum absolute atomic E-state index is 0.249. The van der Waals surface area contributed by atoms with E-state index in [1.807, 2.05) is 0 Å². The van der Waals surface area contributed by atoms with Gasteiger partial charge in [-0.25, -0.2) is 0 Å². The number of rotatable bonds is 2. The van der Waals surface area contributed by atoms with Crippen molar-refractivity contribution in [2.75, 3.05) is 13.2 Å². The van der Waals surface area contributed by atoms with Gasteiger partial charge in [0.1, 0.15) is 0 Å². The number of allylic oxidation sites excluding steroid dienone is 2.